The maximum Gasteiger partial charge on any atom is 0.148 e. The number of aryl methyl sites for hydroxylation is 1. The molecule has 0 aliphatic carbocycles. The molecule has 3 heteroatoms. The lowest BCUT2D eigenvalue weighted by Crippen LogP contribution is -1.96. The van der Waals surface area contributed by atoms with Crippen molar-refractivity contribution in [3.63, 3.8) is 0 Å². The maximum absolute atomic E-state index is 13.3. The van der Waals surface area contributed by atoms with Gasteiger partial charge in [-0.15, -0.1) is 0 Å². The summed E-state index contributed by atoms with van der Waals surface area (Å²) in [7, 11) is 3.63. The summed E-state index contributed by atoms with van der Waals surface area (Å²) in [6.45, 7) is 0. The van der Waals surface area contributed by atoms with E-state index in [2.05, 4.69) is 5.32 Å². The van der Waals surface area contributed by atoms with Gasteiger partial charge in [0.1, 0.15) is 5.82 Å². The predicted octanol–water partition coefficient (Wildman–Crippen LogP) is 2.36. The summed E-state index contributed by atoms with van der Waals surface area (Å²) in [5.74, 6) is -0.211. The standard InChI is InChI=1S/C10H11FN2/c1-12-9-8(11)4-3-7-5-6-13(2)10(7)9/h3-6,12H,1-2H3. The molecule has 68 valence electrons. The maximum atomic E-state index is 13.3. The van der Waals surface area contributed by atoms with Crippen molar-refractivity contribution in [2.45, 2.75) is 0 Å². The molecule has 0 saturated heterocycles. The molecule has 1 aromatic carbocycles. The Balaban J connectivity index is 2.88. The van der Waals surface area contributed by atoms with E-state index in [1.165, 1.54) is 6.07 Å². The fraction of sp³-hybridized carbons (Fsp3) is 0.200. The number of fused-ring (bicyclic) bond motifs is 1. The molecule has 0 amide bonds. The Morgan fingerprint density at radius 3 is 2.77 bits per heavy atom. The number of halogens is 1. The van der Waals surface area contributed by atoms with Crippen LogP contribution in [0.5, 0.6) is 0 Å². The lowest BCUT2D eigenvalue weighted by Gasteiger charge is -2.06. The first kappa shape index (κ1) is 8.10. The molecule has 1 N–H and O–H groups in total. The van der Waals surface area contributed by atoms with Gasteiger partial charge < -0.3 is 9.88 Å². The van der Waals surface area contributed by atoms with Gasteiger partial charge in [0.05, 0.1) is 11.2 Å². The van der Waals surface area contributed by atoms with Gasteiger partial charge in [0, 0.05) is 25.7 Å². The third-order valence-corrected chi connectivity index (χ3v) is 2.24. The van der Waals surface area contributed by atoms with E-state index in [1.54, 1.807) is 13.1 Å². The zero-order chi connectivity index (χ0) is 9.42. The number of nitrogens with one attached hydrogen (secondary N) is 1. The van der Waals surface area contributed by atoms with Crippen molar-refractivity contribution in [3.8, 4) is 0 Å². The molecule has 1 aromatic heterocycles. The molecule has 0 fully saturated rings. The largest absolute Gasteiger partial charge is 0.384 e. The summed E-state index contributed by atoms with van der Waals surface area (Å²) in [6.07, 6.45) is 1.92. The number of nitrogens with zero attached hydrogens (tertiary/aromatic N) is 1. The summed E-state index contributed by atoms with van der Waals surface area (Å²) in [6, 6.07) is 5.23. The van der Waals surface area contributed by atoms with E-state index >= 15 is 0 Å². The van der Waals surface area contributed by atoms with Gasteiger partial charge in [0.15, 0.2) is 0 Å². The van der Waals surface area contributed by atoms with Crippen LogP contribution in [0.15, 0.2) is 24.4 Å². The van der Waals surface area contributed by atoms with Gasteiger partial charge in [-0.1, -0.05) is 0 Å². The van der Waals surface area contributed by atoms with Gasteiger partial charge in [-0.2, -0.15) is 0 Å². The number of hydrogen-bond acceptors (Lipinski definition) is 1. The minimum atomic E-state index is -0.211. The van der Waals surface area contributed by atoms with Gasteiger partial charge >= 0.3 is 0 Å². The third kappa shape index (κ3) is 1.08. The van der Waals surface area contributed by atoms with Crippen LogP contribution in [0.2, 0.25) is 0 Å². The molecule has 0 saturated carbocycles. The van der Waals surface area contributed by atoms with Crippen molar-refractivity contribution in [2.75, 3.05) is 12.4 Å². The number of aromatic nitrogens is 1. The molecule has 0 radical (unpaired) electrons. The SMILES string of the molecule is CNc1c(F)ccc2ccn(C)c12. The molecule has 13 heavy (non-hydrogen) atoms. The fourth-order valence-electron chi connectivity index (χ4n) is 1.60. The second kappa shape index (κ2) is 2.76. The molecule has 2 aromatic rings. The quantitative estimate of drug-likeness (QED) is 0.709. The summed E-state index contributed by atoms with van der Waals surface area (Å²) >= 11 is 0. The number of hydrogen-bond donors (Lipinski definition) is 1. The molecule has 2 nitrogen and oxygen atoms in total. The van der Waals surface area contributed by atoms with Gasteiger partial charge in [-0.05, 0) is 18.2 Å². The molecule has 2 rings (SSSR count). The third-order valence-electron chi connectivity index (χ3n) is 2.24. The summed E-state index contributed by atoms with van der Waals surface area (Å²) in [5, 5.41) is 3.92. The summed E-state index contributed by atoms with van der Waals surface area (Å²) in [4.78, 5) is 0. The molecule has 0 atom stereocenters. The van der Waals surface area contributed by atoms with Gasteiger partial charge in [0.2, 0.25) is 0 Å². The Labute approximate surface area is 76.0 Å². The van der Waals surface area contributed by atoms with Crippen molar-refractivity contribution in [3.05, 3.63) is 30.2 Å². The molecule has 0 unspecified atom stereocenters. The van der Waals surface area contributed by atoms with Crippen LogP contribution in [0.25, 0.3) is 10.9 Å². The summed E-state index contributed by atoms with van der Waals surface area (Å²) in [5.41, 5.74) is 1.47. The second-order valence-corrected chi connectivity index (χ2v) is 3.04. The topological polar surface area (TPSA) is 17.0 Å². The average Bonchev–Trinajstić information content (AvgIpc) is 2.49. The monoisotopic (exact) mass is 178 g/mol. The first-order valence-electron chi connectivity index (χ1n) is 4.15. The van der Waals surface area contributed by atoms with Crippen LogP contribution in [0.4, 0.5) is 10.1 Å². The van der Waals surface area contributed by atoms with Crippen molar-refractivity contribution in [1.29, 1.82) is 0 Å². The van der Waals surface area contributed by atoms with E-state index in [0.717, 1.165) is 10.9 Å². The Kier molecular flexibility index (Phi) is 1.72. The van der Waals surface area contributed by atoms with E-state index in [9.17, 15) is 4.39 Å². The van der Waals surface area contributed by atoms with E-state index in [0.29, 0.717) is 5.69 Å². The highest BCUT2D eigenvalue weighted by atomic mass is 19.1. The normalized spacial score (nSPS) is 10.7. The molecular weight excluding hydrogens is 167 g/mol. The highest BCUT2D eigenvalue weighted by Crippen LogP contribution is 2.26. The Morgan fingerprint density at radius 1 is 1.31 bits per heavy atom. The fourth-order valence-corrected chi connectivity index (χ4v) is 1.60. The van der Waals surface area contributed by atoms with Crippen molar-refractivity contribution < 1.29 is 4.39 Å². The first-order valence-corrected chi connectivity index (χ1v) is 4.15. The molecule has 0 aliphatic rings. The zero-order valence-electron chi connectivity index (χ0n) is 7.63. The minimum absolute atomic E-state index is 0.211. The second-order valence-electron chi connectivity index (χ2n) is 3.04. The first-order chi connectivity index (χ1) is 6.24. The number of anilines is 1. The van der Waals surface area contributed by atoms with Crippen molar-refractivity contribution in [2.24, 2.45) is 7.05 Å². The van der Waals surface area contributed by atoms with E-state index in [1.807, 2.05) is 23.9 Å². The van der Waals surface area contributed by atoms with Crippen LogP contribution in [0, 0.1) is 5.82 Å². The molecule has 0 spiro atoms. The van der Waals surface area contributed by atoms with E-state index < -0.39 is 0 Å². The van der Waals surface area contributed by atoms with Crippen molar-refractivity contribution >= 4 is 16.6 Å². The highest BCUT2D eigenvalue weighted by molar-refractivity contribution is 5.91. The molecule has 1 heterocycles. The summed E-state index contributed by atoms with van der Waals surface area (Å²) < 4.78 is 15.2. The van der Waals surface area contributed by atoms with Crippen LogP contribution < -0.4 is 5.32 Å². The molecular formula is C10H11FN2. The predicted molar refractivity (Wildman–Crippen MR) is 52.4 cm³/mol. The van der Waals surface area contributed by atoms with Crippen LogP contribution in [-0.2, 0) is 7.05 Å². The number of benzene rings is 1. The Hall–Kier alpha value is -1.51. The Bertz CT molecular complexity index is 445. The van der Waals surface area contributed by atoms with E-state index in [-0.39, 0.29) is 5.82 Å². The molecule has 0 aliphatic heterocycles. The van der Waals surface area contributed by atoms with Crippen LogP contribution in [0.1, 0.15) is 0 Å². The average molecular weight is 178 g/mol. The zero-order valence-corrected chi connectivity index (χ0v) is 7.63. The van der Waals surface area contributed by atoms with Gasteiger partial charge in [0.25, 0.3) is 0 Å². The molecule has 0 bridgehead atoms. The van der Waals surface area contributed by atoms with Crippen LogP contribution in [0.3, 0.4) is 0 Å². The lowest BCUT2D eigenvalue weighted by molar-refractivity contribution is 0.632. The van der Waals surface area contributed by atoms with Gasteiger partial charge in [-0.25, -0.2) is 4.39 Å². The van der Waals surface area contributed by atoms with Crippen LogP contribution in [-0.4, -0.2) is 11.6 Å². The smallest absolute Gasteiger partial charge is 0.148 e. The highest BCUT2D eigenvalue weighted by Gasteiger charge is 2.07. The minimum Gasteiger partial charge on any atom is -0.384 e. The van der Waals surface area contributed by atoms with E-state index in [4.69, 9.17) is 0 Å². The van der Waals surface area contributed by atoms with Crippen molar-refractivity contribution in [1.82, 2.24) is 4.57 Å². The van der Waals surface area contributed by atoms with Gasteiger partial charge in [-0.3, -0.25) is 0 Å². The van der Waals surface area contributed by atoms with Crippen LogP contribution >= 0.6 is 0 Å². The number of rotatable bonds is 1. The lowest BCUT2D eigenvalue weighted by atomic mass is 10.2. The Morgan fingerprint density at radius 2 is 2.08 bits per heavy atom.